The second kappa shape index (κ2) is 5.07. The molecule has 0 saturated heterocycles. The summed E-state index contributed by atoms with van der Waals surface area (Å²) in [5, 5.41) is 11.5. The number of hydrogen-bond acceptors (Lipinski definition) is 5. The van der Waals surface area contributed by atoms with Gasteiger partial charge in [0, 0.05) is 18.1 Å². The molecule has 0 aliphatic carbocycles. The first kappa shape index (κ1) is 13.1. The van der Waals surface area contributed by atoms with Crippen LogP contribution in [0.25, 0.3) is 21.4 Å². The van der Waals surface area contributed by atoms with Crippen molar-refractivity contribution >= 4 is 44.5 Å². The zero-order chi connectivity index (χ0) is 15.2. The van der Waals surface area contributed by atoms with Gasteiger partial charge in [0.25, 0.3) is 0 Å². The number of rotatable bonds is 3. The van der Waals surface area contributed by atoms with Gasteiger partial charge in [0.05, 0.1) is 21.4 Å². The van der Waals surface area contributed by atoms with E-state index in [1.165, 1.54) is 10.2 Å². The minimum atomic E-state index is 0.773. The average Bonchev–Trinajstić information content (AvgIpc) is 3.26. The molecule has 0 radical (unpaired) electrons. The predicted molar refractivity (Wildman–Crippen MR) is 93.1 cm³/mol. The molecule has 7 heteroatoms. The Hall–Kier alpha value is -2.38. The van der Waals surface area contributed by atoms with E-state index >= 15 is 0 Å². The molecule has 23 heavy (non-hydrogen) atoms. The Kier molecular flexibility index (Phi) is 2.89. The monoisotopic (exact) mass is 337 g/mol. The highest BCUT2D eigenvalue weighted by atomic mass is 32.2. The van der Waals surface area contributed by atoms with Crippen molar-refractivity contribution in [3.8, 4) is 0 Å². The summed E-state index contributed by atoms with van der Waals surface area (Å²) < 4.78 is 5.40. The molecule has 0 N–H and O–H groups in total. The summed E-state index contributed by atoms with van der Waals surface area (Å²) in [5.74, 6) is 0.773. The van der Waals surface area contributed by atoms with Crippen LogP contribution in [0.3, 0.4) is 0 Å². The van der Waals surface area contributed by atoms with Crippen molar-refractivity contribution in [2.45, 2.75) is 10.8 Å². The van der Waals surface area contributed by atoms with Crippen molar-refractivity contribution in [2.24, 2.45) is 0 Å². The smallest absolute Gasteiger partial charge is 0.143 e. The fraction of sp³-hybridized carbons (Fsp3) is 0.0625. The van der Waals surface area contributed by atoms with Crippen LogP contribution in [-0.2, 0) is 5.75 Å². The molecular weight excluding hydrogens is 326 g/mol. The highest BCUT2D eigenvalue weighted by Crippen LogP contribution is 2.30. The number of aromatic nitrogens is 5. The van der Waals surface area contributed by atoms with Crippen molar-refractivity contribution in [1.82, 2.24) is 24.0 Å². The largest absolute Gasteiger partial charge is 0.307 e. The van der Waals surface area contributed by atoms with E-state index in [0.29, 0.717) is 0 Å². The van der Waals surface area contributed by atoms with Gasteiger partial charge in [0.2, 0.25) is 0 Å². The van der Waals surface area contributed by atoms with Crippen LogP contribution in [-0.4, -0.2) is 24.0 Å². The topological polar surface area (TPSA) is 47.5 Å². The molecule has 5 rings (SSSR count). The summed E-state index contributed by atoms with van der Waals surface area (Å²) in [6, 6.07) is 10.3. The van der Waals surface area contributed by atoms with Crippen molar-refractivity contribution < 1.29 is 0 Å². The Morgan fingerprint density at radius 3 is 3.13 bits per heavy atom. The number of thiophene rings is 1. The average molecular weight is 337 g/mol. The standard InChI is InChI=1S/C16H11N5S2/c1-2-5-20-8-11(18-15(20)3-1)9-23-16-13-7-14-12(4-6-22-14)21(13)10-17-19-16/h1-8,10H,9H2. The molecule has 0 unspecified atom stereocenters. The summed E-state index contributed by atoms with van der Waals surface area (Å²) in [6.07, 6.45) is 5.85. The Morgan fingerprint density at radius 1 is 1.17 bits per heavy atom. The van der Waals surface area contributed by atoms with E-state index in [0.717, 1.165) is 27.6 Å². The lowest BCUT2D eigenvalue weighted by Gasteiger charge is -2.01. The van der Waals surface area contributed by atoms with Gasteiger partial charge in [-0.05, 0) is 29.6 Å². The fourth-order valence-electron chi connectivity index (χ4n) is 2.72. The Bertz CT molecular complexity index is 1100. The molecule has 5 aromatic rings. The number of fused-ring (bicyclic) bond motifs is 4. The molecule has 5 heterocycles. The van der Waals surface area contributed by atoms with Gasteiger partial charge in [-0.1, -0.05) is 17.8 Å². The van der Waals surface area contributed by atoms with Gasteiger partial charge in [-0.3, -0.25) is 4.40 Å². The van der Waals surface area contributed by atoms with Crippen molar-refractivity contribution in [1.29, 1.82) is 0 Å². The lowest BCUT2D eigenvalue weighted by atomic mass is 10.5. The zero-order valence-electron chi connectivity index (χ0n) is 12.0. The van der Waals surface area contributed by atoms with Gasteiger partial charge in [-0.2, -0.15) is 0 Å². The van der Waals surface area contributed by atoms with Crippen LogP contribution < -0.4 is 0 Å². The molecule has 0 atom stereocenters. The highest BCUT2D eigenvalue weighted by Gasteiger charge is 2.11. The summed E-state index contributed by atoms with van der Waals surface area (Å²) in [6.45, 7) is 0. The van der Waals surface area contributed by atoms with E-state index < -0.39 is 0 Å². The molecule has 0 aliphatic heterocycles. The molecule has 0 saturated carbocycles. The third-order valence-corrected chi connectivity index (χ3v) is 5.62. The van der Waals surface area contributed by atoms with E-state index in [4.69, 9.17) is 0 Å². The maximum Gasteiger partial charge on any atom is 0.143 e. The minimum absolute atomic E-state index is 0.773. The molecule has 0 bridgehead atoms. The molecule has 5 aromatic heterocycles. The van der Waals surface area contributed by atoms with Crippen LogP contribution in [0.1, 0.15) is 5.69 Å². The van der Waals surface area contributed by atoms with Crippen LogP contribution in [0.2, 0.25) is 0 Å². The summed E-state index contributed by atoms with van der Waals surface area (Å²) in [4.78, 5) is 4.63. The summed E-state index contributed by atoms with van der Waals surface area (Å²) in [7, 11) is 0. The van der Waals surface area contributed by atoms with Crippen molar-refractivity contribution in [2.75, 3.05) is 0 Å². The van der Waals surface area contributed by atoms with Crippen LogP contribution in [0.4, 0.5) is 0 Å². The Morgan fingerprint density at radius 2 is 2.17 bits per heavy atom. The van der Waals surface area contributed by atoms with Gasteiger partial charge < -0.3 is 4.40 Å². The summed E-state index contributed by atoms with van der Waals surface area (Å²) in [5.41, 5.74) is 4.30. The first-order chi connectivity index (χ1) is 11.4. The second-order valence-electron chi connectivity index (χ2n) is 5.19. The van der Waals surface area contributed by atoms with E-state index in [-0.39, 0.29) is 0 Å². The minimum Gasteiger partial charge on any atom is -0.307 e. The van der Waals surface area contributed by atoms with Gasteiger partial charge in [-0.15, -0.1) is 21.5 Å². The third-order valence-electron chi connectivity index (χ3n) is 3.77. The number of nitrogens with zero attached hydrogens (tertiary/aromatic N) is 5. The van der Waals surface area contributed by atoms with Crippen molar-refractivity contribution in [3.05, 3.63) is 60.1 Å². The molecule has 0 amide bonds. The highest BCUT2D eigenvalue weighted by molar-refractivity contribution is 7.98. The predicted octanol–water partition coefficient (Wildman–Crippen LogP) is 3.88. The normalized spacial score (nSPS) is 11.8. The molecule has 0 fully saturated rings. The number of imidazole rings is 1. The van der Waals surface area contributed by atoms with Crippen LogP contribution >= 0.6 is 23.1 Å². The molecule has 0 aliphatic rings. The van der Waals surface area contributed by atoms with Gasteiger partial charge in [0.1, 0.15) is 17.0 Å². The zero-order valence-corrected chi connectivity index (χ0v) is 13.6. The van der Waals surface area contributed by atoms with Crippen LogP contribution in [0.15, 0.2) is 59.5 Å². The number of thioether (sulfide) groups is 1. The van der Waals surface area contributed by atoms with Crippen LogP contribution in [0.5, 0.6) is 0 Å². The van der Waals surface area contributed by atoms with Gasteiger partial charge >= 0.3 is 0 Å². The fourth-order valence-corrected chi connectivity index (χ4v) is 4.36. The lowest BCUT2D eigenvalue weighted by Crippen LogP contribution is -1.93. The molecule has 0 aromatic carbocycles. The van der Waals surface area contributed by atoms with E-state index in [2.05, 4.69) is 43.3 Å². The molecule has 112 valence electrons. The second-order valence-corrected chi connectivity index (χ2v) is 7.10. The summed E-state index contributed by atoms with van der Waals surface area (Å²) >= 11 is 3.41. The molecule has 0 spiro atoms. The first-order valence-electron chi connectivity index (χ1n) is 7.14. The molecular formula is C16H11N5S2. The van der Waals surface area contributed by atoms with Gasteiger partial charge in [0.15, 0.2) is 0 Å². The molecule has 5 nitrogen and oxygen atoms in total. The van der Waals surface area contributed by atoms with Gasteiger partial charge in [-0.25, -0.2) is 4.98 Å². The van der Waals surface area contributed by atoms with E-state index in [1.807, 2.05) is 28.8 Å². The Balaban J connectivity index is 1.50. The van der Waals surface area contributed by atoms with Crippen LogP contribution in [0, 0.1) is 0 Å². The first-order valence-corrected chi connectivity index (χ1v) is 9.00. The van der Waals surface area contributed by atoms with E-state index in [9.17, 15) is 0 Å². The lowest BCUT2D eigenvalue weighted by molar-refractivity contribution is 0.884. The maximum absolute atomic E-state index is 4.63. The SMILES string of the molecule is c1ccn2cc(CSc3nncn4c3cc3sccc34)nc2c1. The Labute approximate surface area is 139 Å². The maximum atomic E-state index is 4.63. The van der Waals surface area contributed by atoms with E-state index in [1.54, 1.807) is 29.4 Å². The quantitative estimate of drug-likeness (QED) is 0.469. The third kappa shape index (κ3) is 2.12. The van der Waals surface area contributed by atoms with Crippen molar-refractivity contribution in [3.63, 3.8) is 0 Å². The number of pyridine rings is 1. The number of hydrogen-bond donors (Lipinski definition) is 0.